The second kappa shape index (κ2) is 6.73. The van der Waals surface area contributed by atoms with Gasteiger partial charge in [-0.05, 0) is 19.9 Å². The van der Waals surface area contributed by atoms with Crippen LogP contribution >= 0.6 is 0 Å². The van der Waals surface area contributed by atoms with Crippen molar-refractivity contribution in [2.24, 2.45) is 0 Å². The van der Waals surface area contributed by atoms with Crippen molar-refractivity contribution in [3.05, 3.63) is 18.0 Å². The number of nitrogens with zero attached hydrogens (tertiary/aromatic N) is 2. The molecule has 1 aliphatic heterocycles. The Morgan fingerprint density at radius 2 is 2.26 bits per heavy atom. The summed E-state index contributed by atoms with van der Waals surface area (Å²) in [5.41, 5.74) is 0.891. The molecule has 2 heterocycles. The molecule has 0 radical (unpaired) electrons. The van der Waals surface area contributed by atoms with Gasteiger partial charge in [0.25, 0.3) is 0 Å². The Morgan fingerprint density at radius 1 is 1.42 bits per heavy atom. The van der Waals surface area contributed by atoms with Gasteiger partial charge in [-0.15, -0.1) is 0 Å². The lowest BCUT2D eigenvalue weighted by atomic mass is 10.2. The van der Waals surface area contributed by atoms with Gasteiger partial charge in [0.05, 0.1) is 20.3 Å². The first-order valence-corrected chi connectivity index (χ1v) is 6.60. The minimum Gasteiger partial charge on any atom is -0.493 e. The van der Waals surface area contributed by atoms with E-state index in [0.717, 1.165) is 37.6 Å². The van der Waals surface area contributed by atoms with Gasteiger partial charge in [-0.3, -0.25) is 9.88 Å². The lowest BCUT2D eigenvalue weighted by Crippen LogP contribution is -2.28. The molecule has 1 aromatic rings. The van der Waals surface area contributed by atoms with Crippen molar-refractivity contribution in [3.8, 4) is 11.5 Å². The van der Waals surface area contributed by atoms with Crippen molar-refractivity contribution in [2.45, 2.75) is 25.5 Å². The molecule has 1 aliphatic rings. The molecule has 0 spiro atoms. The fourth-order valence-electron chi connectivity index (χ4n) is 2.42. The molecule has 0 aromatic carbocycles. The van der Waals surface area contributed by atoms with Crippen molar-refractivity contribution in [1.29, 1.82) is 0 Å². The van der Waals surface area contributed by atoms with E-state index in [1.54, 1.807) is 20.4 Å². The molecule has 1 aromatic heterocycles. The van der Waals surface area contributed by atoms with E-state index in [1.165, 1.54) is 6.42 Å². The van der Waals surface area contributed by atoms with Gasteiger partial charge < -0.3 is 14.2 Å². The van der Waals surface area contributed by atoms with E-state index in [0.29, 0.717) is 11.9 Å². The quantitative estimate of drug-likeness (QED) is 0.784. The first kappa shape index (κ1) is 14.1. The van der Waals surface area contributed by atoms with Crippen LogP contribution in [0.2, 0.25) is 0 Å². The molecule has 1 atom stereocenters. The monoisotopic (exact) mass is 266 g/mol. The third kappa shape index (κ3) is 3.58. The standard InChI is InChI=1S/C14H22N2O3/c1-16(9-11-5-4-8-19-11)10-12-14(18-3)13(17-2)6-7-15-12/h6-7,11H,4-5,8-10H2,1-3H3/t11-/m0/s1. The molecule has 0 saturated carbocycles. The smallest absolute Gasteiger partial charge is 0.183 e. The zero-order valence-corrected chi connectivity index (χ0v) is 11.9. The van der Waals surface area contributed by atoms with Gasteiger partial charge in [-0.2, -0.15) is 0 Å². The van der Waals surface area contributed by atoms with E-state index >= 15 is 0 Å². The molecule has 0 unspecified atom stereocenters. The van der Waals surface area contributed by atoms with E-state index < -0.39 is 0 Å². The molecular formula is C14H22N2O3. The van der Waals surface area contributed by atoms with Crippen molar-refractivity contribution in [3.63, 3.8) is 0 Å². The largest absolute Gasteiger partial charge is 0.493 e. The van der Waals surface area contributed by atoms with E-state index in [2.05, 4.69) is 16.9 Å². The Morgan fingerprint density at radius 3 is 2.89 bits per heavy atom. The van der Waals surface area contributed by atoms with E-state index in [9.17, 15) is 0 Å². The second-order valence-electron chi connectivity index (χ2n) is 4.82. The average Bonchev–Trinajstić information content (AvgIpc) is 2.91. The lowest BCUT2D eigenvalue weighted by molar-refractivity contribution is 0.0787. The highest BCUT2D eigenvalue weighted by Crippen LogP contribution is 2.29. The zero-order chi connectivity index (χ0) is 13.7. The Hall–Kier alpha value is -1.33. The summed E-state index contributed by atoms with van der Waals surface area (Å²) in [6.45, 7) is 2.53. The predicted octanol–water partition coefficient (Wildman–Crippen LogP) is 1.71. The highest BCUT2D eigenvalue weighted by atomic mass is 16.5. The van der Waals surface area contributed by atoms with Gasteiger partial charge >= 0.3 is 0 Å². The number of hydrogen-bond acceptors (Lipinski definition) is 5. The molecule has 0 aliphatic carbocycles. The fourth-order valence-corrected chi connectivity index (χ4v) is 2.42. The van der Waals surface area contributed by atoms with Gasteiger partial charge in [0.2, 0.25) is 0 Å². The Kier molecular flexibility index (Phi) is 4.99. The first-order chi connectivity index (χ1) is 9.24. The molecular weight excluding hydrogens is 244 g/mol. The molecule has 2 rings (SSSR count). The Bertz CT molecular complexity index is 406. The van der Waals surface area contributed by atoms with Crippen LogP contribution in [0, 0.1) is 0 Å². The minimum absolute atomic E-state index is 0.349. The molecule has 0 N–H and O–H groups in total. The maximum Gasteiger partial charge on any atom is 0.183 e. The summed E-state index contributed by atoms with van der Waals surface area (Å²) >= 11 is 0. The van der Waals surface area contributed by atoms with Crippen LogP contribution in [-0.2, 0) is 11.3 Å². The summed E-state index contributed by atoms with van der Waals surface area (Å²) in [7, 11) is 5.35. The summed E-state index contributed by atoms with van der Waals surface area (Å²) < 4.78 is 16.3. The SMILES string of the molecule is COc1ccnc(CN(C)C[C@@H]2CCCO2)c1OC. The Balaban J connectivity index is 2.01. The topological polar surface area (TPSA) is 43.8 Å². The summed E-state index contributed by atoms with van der Waals surface area (Å²) in [5.74, 6) is 1.43. The van der Waals surface area contributed by atoms with Crippen LogP contribution < -0.4 is 9.47 Å². The van der Waals surface area contributed by atoms with Crippen LogP contribution in [0.1, 0.15) is 18.5 Å². The summed E-state index contributed by atoms with van der Waals surface area (Å²) in [4.78, 5) is 6.59. The van der Waals surface area contributed by atoms with Crippen LogP contribution in [0.5, 0.6) is 11.5 Å². The number of hydrogen-bond donors (Lipinski definition) is 0. The number of methoxy groups -OCH3 is 2. The van der Waals surface area contributed by atoms with Crippen molar-refractivity contribution >= 4 is 0 Å². The molecule has 5 heteroatoms. The predicted molar refractivity (Wildman–Crippen MR) is 72.6 cm³/mol. The molecule has 1 saturated heterocycles. The second-order valence-corrected chi connectivity index (χ2v) is 4.82. The molecule has 106 valence electrons. The summed E-state index contributed by atoms with van der Waals surface area (Å²) in [6.07, 6.45) is 4.41. The van der Waals surface area contributed by atoms with Crippen LogP contribution in [0.25, 0.3) is 0 Å². The van der Waals surface area contributed by atoms with Crippen molar-refractivity contribution < 1.29 is 14.2 Å². The van der Waals surface area contributed by atoms with Gasteiger partial charge in [-0.25, -0.2) is 0 Å². The van der Waals surface area contributed by atoms with Crippen LogP contribution in [0.4, 0.5) is 0 Å². The van der Waals surface area contributed by atoms with Crippen molar-refractivity contribution in [2.75, 3.05) is 34.4 Å². The molecule has 1 fully saturated rings. The molecule has 19 heavy (non-hydrogen) atoms. The lowest BCUT2D eigenvalue weighted by Gasteiger charge is -2.21. The minimum atomic E-state index is 0.349. The van der Waals surface area contributed by atoms with Gasteiger partial charge in [-0.1, -0.05) is 0 Å². The normalized spacial score (nSPS) is 18.8. The fraction of sp³-hybridized carbons (Fsp3) is 0.643. The Labute approximate surface area is 114 Å². The third-order valence-corrected chi connectivity index (χ3v) is 3.33. The maximum atomic E-state index is 5.64. The van der Waals surface area contributed by atoms with Gasteiger partial charge in [0.1, 0.15) is 5.69 Å². The highest BCUT2D eigenvalue weighted by Gasteiger charge is 2.19. The molecule has 5 nitrogen and oxygen atoms in total. The van der Waals surface area contributed by atoms with Crippen LogP contribution in [0.3, 0.4) is 0 Å². The summed E-state index contributed by atoms with van der Waals surface area (Å²) in [5, 5.41) is 0. The number of ether oxygens (including phenoxy) is 3. The highest BCUT2D eigenvalue weighted by molar-refractivity contribution is 5.42. The van der Waals surface area contributed by atoms with Gasteiger partial charge in [0, 0.05) is 32.0 Å². The maximum absolute atomic E-state index is 5.64. The van der Waals surface area contributed by atoms with Crippen molar-refractivity contribution in [1.82, 2.24) is 9.88 Å². The third-order valence-electron chi connectivity index (χ3n) is 3.33. The van der Waals surface area contributed by atoms with Crippen LogP contribution in [0.15, 0.2) is 12.3 Å². The zero-order valence-electron chi connectivity index (χ0n) is 11.9. The number of rotatable bonds is 6. The van der Waals surface area contributed by atoms with Crippen LogP contribution in [-0.4, -0.2) is 50.4 Å². The number of likely N-dealkylation sites (N-methyl/N-ethyl adjacent to an activating group) is 1. The molecule has 0 amide bonds. The summed E-state index contributed by atoms with van der Waals surface area (Å²) in [6, 6.07) is 1.81. The first-order valence-electron chi connectivity index (χ1n) is 6.60. The van der Waals surface area contributed by atoms with E-state index in [-0.39, 0.29) is 0 Å². The number of pyridine rings is 1. The number of aromatic nitrogens is 1. The molecule has 0 bridgehead atoms. The van der Waals surface area contributed by atoms with E-state index in [1.807, 2.05) is 6.07 Å². The average molecular weight is 266 g/mol. The van der Waals surface area contributed by atoms with Gasteiger partial charge in [0.15, 0.2) is 11.5 Å². The van der Waals surface area contributed by atoms with E-state index in [4.69, 9.17) is 14.2 Å².